The molecule has 0 spiro atoms. The summed E-state index contributed by atoms with van der Waals surface area (Å²) >= 11 is 0. The van der Waals surface area contributed by atoms with Crippen LogP contribution in [-0.2, 0) is 16.8 Å². The number of anilines is 1. The van der Waals surface area contributed by atoms with Crippen LogP contribution in [-0.4, -0.2) is 43.2 Å². The number of nitrogens with one attached hydrogen (secondary N) is 3. The zero-order chi connectivity index (χ0) is 21.6. The van der Waals surface area contributed by atoms with Gasteiger partial charge in [0.2, 0.25) is 5.91 Å². The number of halogens is 1. The van der Waals surface area contributed by atoms with Crippen LogP contribution in [0, 0.1) is 6.92 Å². The summed E-state index contributed by atoms with van der Waals surface area (Å²) in [5.41, 5.74) is 0.758. The third kappa shape index (κ3) is 7.13. The maximum atomic E-state index is 11.4. The van der Waals surface area contributed by atoms with Crippen molar-refractivity contribution in [2.45, 2.75) is 39.2 Å². The lowest BCUT2D eigenvalue weighted by Crippen LogP contribution is -2.40. The summed E-state index contributed by atoms with van der Waals surface area (Å²) in [5, 5.41) is 19.9. The number of ether oxygens (including phenoxy) is 1. The van der Waals surface area contributed by atoms with E-state index in [0.29, 0.717) is 37.8 Å². The molecule has 2 aromatic rings. The predicted octanol–water partition coefficient (Wildman–Crippen LogP) is 2.93. The minimum atomic E-state index is -1.19. The van der Waals surface area contributed by atoms with Gasteiger partial charge in [-0.05, 0) is 63.1 Å². The highest BCUT2D eigenvalue weighted by atomic mass is 127. The summed E-state index contributed by atoms with van der Waals surface area (Å²) in [6.45, 7) is 7.35. The van der Waals surface area contributed by atoms with Gasteiger partial charge in [0.1, 0.15) is 29.5 Å². The normalized spacial score (nSPS) is 15.2. The molecule has 0 fully saturated rings. The maximum Gasteiger partial charge on any atom is 0.224 e. The third-order valence-electron chi connectivity index (χ3n) is 4.80. The highest BCUT2D eigenvalue weighted by Crippen LogP contribution is 2.26. The number of benzene rings is 1. The van der Waals surface area contributed by atoms with Crippen LogP contribution in [0.4, 0.5) is 5.69 Å². The SMILES string of the molecule is CCNC(=NCC(C)(O)c1ccc(C)o1)NCCOc1ccc2c(c1)CCC(=O)N2.I. The van der Waals surface area contributed by atoms with Gasteiger partial charge in [0.25, 0.3) is 0 Å². The molecule has 0 saturated carbocycles. The number of carbonyl (C=O) groups is 1. The highest BCUT2D eigenvalue weighted by Gasteiger charge is 2.26. The van der Waals surface area contributed by atoms with E-state index in [9.17, 15) is 9.90 Å². The van der Waals surface area contributed by atoms with Crippen molar-refractivity contribution in [1.82, 2.24) is 10.6 Å². The molecule has 9 heteroatoms. The Balaban J connectivity index is 0.00000341. The van der Waals surface area contributed by atoms with E-state index < -0.39 is 5.60 Å². The number of aliphatic hydroxyl groups is 1. The molecule has 1 aromatic carbocycles. The smallest absolute Gasteiger partial charge is 0.224 e. The van der Waals surface area contributed by atoms with Crippen LogP contribution < -0.4 is 20.7 Å². The van der Waals surface area contributed by atoms with Gasteiger partial charge in [-0.2, -0.15) is 0 Å². The molecule has 1 aliphatic rings. The molecule has 1 atom stereocenters. The third-order valence-corrected chi connectivity index (χ3v) is 4.80. The summed E-state index contributed by atoms with van der Waals surface area (Å²) in [4.78, 5) is 15.9. The zero-order valence-electron chi connectivity index (χ0n) is 18.2. The molecule has 0 bridgehead atoms. The molecule has 1 aliphatic heterocycles. The number of aryl methyl sites for hydroxylation is 2. The van der Waals surface area contributed by atoms with Crippen molar-refractivity contribution in [2.75, 3.05) is 31.6 Å². The number of aliphatic imine (C=N–C) groups is 1. The Kier molecular flexibility index (Phi) is 9.17. The first-order valence-corrected chi connectivity index (χ1v) is 10.2. The molecule has 4 N–H and O–H groups in total. The first-order valence-electron chi connectivity index (χ1n) is 10.2. The van der Waals surface area contributed by atoms with Gasteiger partial charge in [-0.15, -0.1) is 24.0 Å². The first-order chi connectivity index (χ1) is 14.4. The lowest BCUT2D eigenvalue weighted by Gasteiger charge is -2.20. The summed E-state index contributed by atoms with van der Waals surface area (Å²) in [5.74, 6) is 2.66. The van der Waals surface area contributed by atoms with Gasteiger partial charge in [-0.1, -0.05) is 0 Å². The van der Waals surface area contributed by atoms with Crippen molar-refractivity contribution in [1.29, 1.82) is 0 Å². The molecule has 1 unspecified atom stereocenters. The standard InChI is InChI=1S/C22H30N4O4.HI/c1-4-23-21(25-14-22(3,28)19-9-5-15(2)30-19)24-11-12-29-17-7-8-18-16(13-17)6-10-20(27)26-18;/h5,7-9,13,28H,4,6,10-12,14H2,1-3H3,(H,26,27)(H2,23,24,25);1H. The van der Waals surface area contributed by atoms with Crippen LogP contribution in [0.5, 0.6) is 5.75 Å². The molecule has 1 amide bonds. The van der Waals surface area contributed by atoms with Gasteiger partial charge in [-0.25, -0.2) is 4.99 Å². The van der Waals surface area contributed by atoms with E-state index in [1.54, 1.807) is 13.0 Å². The van der Waals surface area contributed by atoms with Gasteiger partial charge in [0.15, 0.2) is 5.96 Å². The molecule has 0 radical (unpaired) electrons. The van der Waals surface area contributed by atoms with E-state index in [0.717, 1.165) is 29.2 Å². The fourth-order valence-electron chi connectivity index (χ4n) is 3.16. The predicted molar refractivity (Wildman–Crippen MR) is 131 cm³/mol. The maximum absolute atomic E-state index is 11.4. The van der Waals surface area contributed by atoms with Crippen molar-refractivity contribution in [2.24, 2.45) is 4.99 Å². The van der Waals surface area contributed by atoms with E-state index >= 15 is 0 Å². The Hall–Kier alpha value is -2.27. The van der Waals surface area contributed by atoms with Crippen molar-refractivity contribution < 1.29 is 19.1 Å². The number of rotatable bonds is 8. The molecular formula is C22H31IN4O4. The zero-order valence-corrected chi connectivity index (χ0v) is 20.5. The number of carbonyl (C=O) groups excluding carboxylic acids is 1. The Labute approximate surface area is 199 Å². The molecule has 2 heterocycles. The van der Waals surface area contributed by atoms with Crippen molar-refractivity contribution in [3.8, 4) is 5.75 Å². The summed E-state index contributed by atoms with van der Waals surface area (Å²) in [6.07, 6.45) is 1.23. The average molecular weight is 542 g/mol. The molecule has 8 nitrogen and oxygen atoms in total. The number of amides is 1. The van der Waals surface area contributed by atoms with E-state index in [2.05, 4.69) is 20.9 Å². The number of furan rings is 1. The lowest BCUT2D eigenvalue weighted by molar-refractivity contribution is -0.116. The lowest BCUT2D eigenvalue weighted by atomic mass is 10.0. The van der Waals surface area contributed by atoms with Crippen molar-refractivity contribution >= 4 is 41.5 Å². The number of nitrogens with zero attached hydrogens (tertiary/aromatic N) is 1. The Morgan fingerprint density at radius 3 is 2.81 bits per heavy atom. The minimum absolute atomic E-state index is 0. The Bertz CT molecular complexity index is 911. The topological polar surface area (TPSA) is 108 Å². The van der Waals surface area contributed by atoms with Gasteiger partial charge >= 0.3 is 0 Å². The fourth-order valence-corrected chi connectivity index (χ4v) is 3.16. The number of hydrogen-bond acceptors (Lipinski definition) is 5. The van der Waals surface area contributed by atoms with Crippen molar-refractivity contribution in [3.63, 3.8) is 0 Å². The van der Waals surface area contributed by atoms with Crippen LogP contribution in [0.1, 0.15) is 37.4 Å². The molecule has 0 aliphatic carbocycles. The van der Waals surface area contributed by atoms with Crippen LogP contribution in [0.15, 0.2) is 39.7 Å². The summed E-state index contributed by atoms with van der Waals surface area (Å²) < 4.78 is 11.4. The molecule has 31 heavy (non-hydrogen) atoms. The van der Waals surface area contributed by atoms with E-state index in [1.807, 2.05) is 38.1 Å². The molecular weight excluding hydrogens is 511 g/mol. The second-order valence-corrected chi connectivity index (χ2v) is 7.52. The first kappa shape index (κ1) is 25.0. The van der Waals surface area contributed by atoms with Crippen LogP contribution in [0.3, 0.4) is 0 Å². The quantitative estimate of drug-likeness (QED) is 0.177. The Morgan fingerprint density at radius 2 is 2.10 bits per heavy atom. The van der Waals surface area contributed by atoms with Crippen molar-refractivity contribution in [3.05, 3.63) is 47.4 Å². The highest BCUT2D eigenvalue weighted by molar-refractivity contribution is 14.0. The summed E-state index contributed by atoms with van der Waals surface area (Å²) in [6, 6.07) is 9.29. The molecule has 3 rings (SSSR count). The van der Waals surface area contributed by atoms with E-state index in [-0.39, 0.29) is 36.4 Å². The number of guanidine groups is 1. The van der Waals surface area contributed by atoms with Crippen LogP contribution in [0.25, 0.3) is 0 Å². The minimum Gasteiger partial charge on any atom is -0.492 e. The largest absolute Gasteiger partial charge is 0.492 e. The second kappa shape index (κ2) is 11.4. The molecule has 170 valence electrons. The average Bonchev–Trinajstić information content (AvgIpc) is 3.16. The van der Waals surface area contributed by atoms with Gasteiger partial charge in [0, 0.05) is 18.7 Å². The van der Waals surface area contributed by atoms with E-state index in [4.69, 9.17) is 9.15 Å². The van der Waals surface area contributed by atoms with Crippen LogP contribution in [0.2, 0.25) is 0 Å². The summed E-state index contributed by atoms with van der Waals surface area (Å²) in [7, 11) is 0. The monoisotopic (exact) mass is 542 g/mol. The molecule has 1 aromatic heterocycles. The number of fused-ring (bicyclic) bond motifs is 1. The van der Waals surface area contributed by atoms with Gasteiger partial charge < -0.3 is 30.2 Å². The Morgan fingerprint density at radius 1 is 1.29 bits per heavy atom. The van der Waals surface area contributed by atoms with Gasteiger partial charge in [0.05, 0.1) is 13.1 Å². The second-order valence-electron chi connectivity index (χ2n) is 7.52. The van der Waals surface area contributed by atoms with Gasteiger partial charge in [-0.3, -0.25) is 4.79 Å². The fraction of sp³-hybridized carbons (Fsp3) is 0.455. The van der Waals surface area contributed by atoms with Crippen LogP contribution >= 0.6 is 24.0 Å². The van der Waals surface area contributed by atoms with E-state index in [1.165, 1.54) is 0 Å². The molecule has 0 saturated heterocycles. The number of hydrogen-bond donors (Lipinski definition) is 4.